The molecular weight excluding hydrogens is 364 g/mol. The number of benzene rings is 1. The number of nitrogens with zero attached hydrogens (tertiary/aromatic N) is 3. The lowest BCUT2D eigenvalue weighted by Gasteiger charge is -2.34. The van der Waals surface area contributed by atoms with Crippen molar-refractivity contribution >= 4 is 11.8 Å². The molecule has 1 aromatic carbocycles. The standard InChI is InChI=1S/C23H32N4O2/c1-17-16-22(19(3)27(17)18(2)21-8-6-5-7-9-21)23(29)24-10-11-25-12-14-26(15-13-25)20(4)28/h5-9,16,18H,10-15H2,1-4H3,(H,24,29). The van der Waals surface area contributed by atoms with Gasteiger partial charge in [0.15, 0.2) is 0 Å². The number of amides is 2. The van der Waals surface area contributed by atoms with Crippen LogP contribution in [-0.2, 0) is 4.79 Å². The van der Waals surface area contributed by atoms with Crippen LogP contribution in [0.4, 0.5) is 0 Å². The first-order valence-electron chi connectivity index (χ1n) is 10.4. The Kier molecular flexibility index (Phi) is 6.75. The third-order valence-electron chi connectivity index (χ3n) is 5.93. The van der Waals surface area contributed by atoms with E-state index in [1.807, 2.05) is 36.1 Å². The molecule has 1 fully saturated rings. The van der Waals surface area contributed by atoms with Gasteiger partial charge in [-0.25, -0.2) is 0 Å². The number of hydrogen-bond acceptors (Lipinski definition) is 3. The molecule has 1 aliphatic heterocycles. The zero-order valence-corrected chi connectivity index (χ0v) is 17.9. The van der Waals surface area contributed by atoms with Gasteiger partial charge in [0.1, 0.15) is 0 Å². The van der Waals surface area contributed by atoms with Gasteiger partial charge in [-0.15, -0.1) is 0 Å². The van der Waals surface area contributed by atoms with E-state index in [0.717, 1.165) is 49.7 Å². The number of carbonyl (C=O) groups is 2. The zero-order valence-electron chi connectivity index (χ0n) is 17.9. The summed E-state index contributed by atoms with van der Waals surface area (Å²) in [6, 6.07) is 12.5. The molecule has 29 heavy (non-hydrogen) atoms. The molecule has 0 bridgehead atoms. The number of piperazine rings is 1. The number of carbonyl (C=O) groups excluding carboxylic acids is 2. The predicted molar refractivity (Wildman–Crippen MR) is 115 cm³/mol. The monoisotopic (exact) mass is 396 g/mol. The topological polar surface area (TPSA) is 57.6 Å². The summed E-state index contributed by atoms with van der Waals surface area (Å²) in [7, 11) is 0. The summed E-state index contributed by atoms with van der Waals surface area (Å²) in [5, 5.41) is 3.07. The molecule has 2 amide bonds. The number of aryl methyl sites for hydroxylation is 1. The highest BCUT2D eigenvalue weighted by Crippen LogP contribution is 2.25. The largest absolute Gasteiger partial charge is 0.351 e. The Morgan fingerprint density at radius 3 is 2.34 bits per heavy atom. The van der Waals surface area contributed by atoms with Crippen molar-refractivity contribution < 1.29 is 9.59 Å². The van der Waals surface area contributed by atoms with Crippen molar-refractivity contribution in [1.82, 2.24) is 19.7 Å². The summed E-state index contributed by atoms with van der Waals surface area (Å²) in [4.78, 5) is 28.4. The molecule has 2 heterocycles. The van der Waals surface area contributed by atoms with Crippen molar-refractivity contribution in [2.75, 3.05) is 39.3 Å². The van der Waals surface area contributed by atoms with Crippen LogP contribution >= 0.6 is 0 Å². The van der Waals surface area contributed by atoms with Gasteiger partial charge in [0.05, 0.1) is 11.6 Å². The third kappa shape index (κ3) is 4.88. The zero-order chi connectivity index (χ0) is 21.0. The molecule has 0 spiro atoms. The first-order chi connectivity index (χ1) is 13.9. The molecule has 0 radical (unpaired) electrons. The van der Waals surface area contributed by atoms with Crippen LogP contribution in [0.3, 0.4) is 0 Å². The van der Waals surface area contributed by atoms with Gasteiger partial charge in [0.2, 0.25) is 5.91 Å². The van der Waals surface area contributed by atoms with Crippen molar-refractivity contribution in [2.24, 2.45) is 0 Å². The highest BCUT2D eigenvalue weighted by molar-refractivity contribution is 5.95. The predicted octanol–water partition coefficient (Wildman–Crippen LogP) is 2.61. The van der Waals surface area contributed by atoms with Gasteiger partial charge in [-0.1, -0.05) is 30.3 Å². The quantitative estimate of drug-likeness (QED) is 0.817. The molecule has 1 atom stereocenters. The highest BCUT2D eigenvalue weighted by Gasteiger charge is 2.21. The molecule has 2 aromatic rings. The van der Waals surface area contributed by atoms with E-state index in [-0.39, 0.29) is 17.9 Å². The Bertz CT molecular complexity index is 851. The molecule has 156 valence electrons. The lowest BCUT2D eigenvalue weighted by Crippen LogP contribution is -2.49. The Hall–Kier alpha value is -2.60. The van der Waals surface area contributed by atoms with Crippen LogP contribution in [0, 0.1) is 13.8 Å². The van der Waals surface area contributed by atoms with E-state index < -0.39 is 0 Å². The van der Waals surface area contributed by atoms with Crippen LogP contribution in [0.25, 0.3) is 0 Å². The van der Waals surface area contributed by atoms with E-state index in [1.54, 1.807) is 6.92 Å². The van der Waals surface area contributed by atoms with E-state index in [9.17, 15) is 9.59 Å². The highest BCUT2D eigenvalue weighted by atomic mass is 16.2. The minimum atomic E-state index is -0.0213. The molecule has 1 N–H and O–H groups in total. The Balaban J connectivity index is 1.57. The molecule has 0 aliphatic carbocycles. The van der Waals surface area contributed by atoms with Gasteiger partial charge >= 0.3 is 0 Å². The minimum Gasteiger partial charge on any atom is -0.351 e. The maximum Gasteiger partial charge on any atom is 0.253 e. The summed E-state index contributed by atoms with van der Waals surface area (Å²) in [5.41, 5.74) is 4.05. The fourth-order valence-corrected chi connectivity index (χ4v) is 4.19. The number of nitrogens with one attached hydrogen (secondary N) is 1. The van der Waals surface area contributed by atoms with Crippen molar-refractivity contribution in [1.29, 1.82) is 0 Å². The van der Waals surface area contributed by atoms with Crippen LogP contribution in [0.1, 0.15) is 47.2 Å². The van der Waals surface area contributed by atoms with Crippen molar-refractivity contribution in [3.63, 3.8) is 0 Å². The van der Waals surface area contributed by atoms with Gasteiger partial charge in [0.25, 0.3) is 5.91 Å². The number of hydrogen-bond donors (Lipinski definition) is 1. The Labute approximate surface area is 173 Å². The molecule has 1 aliphatic rings. The second kappa shape index (κ2) is 9.27. The lowest BCUT2D eigenvalue weighted by atomic mass is 10.1. The summed E-state index contributed by atoms with van der Waals surface area (Å²) in [5.74, 6) is 0.116. The second-order valence-electron chi connectivity index (χ2n) is 7.85. The first-order valence-corrected chi connectivity index (χ1v) is 10.4. The van der Waals surface area contributed by atoms with Gasteiger partial charge in [-0.3, -0.25) is 14.5 Å². The maximum absolute atomic E-state index is 12.8. The van der Waals surface area contributed by atoms with Gasteiger partial charge in [0, 0.05) is 57.6 Å². The van der Waals surface area contributed by atoms with E-state index >= 15 is 0 Å². The van der Waals surface area contributed by atoms with Crippen LogP contribution in [0.15, 0.2) is 36.4 Å². The number of aromatic nitrogens is 1. The van der Waals surface area contributed by atoms with Crippen LogP contribution in [0.2, 0.25) is 0 Å². The Morgan fingerprint density at radius 1 is 1.07 bits per heavy atom. The minimum absolute atomic E-state index is 0.0213. The van der Waals surface area contributed by atoms with Crippen LogP contribution in [0.5, 0.6) is 0 Å². The van der Waals surface area contributed by atoms with E-state index in [0.29, 0.717) is 6.54 Å². The molecule has 0 saturated carbocycles. The first kappa shape index (κ1) is 21.1. The molecular formula is C23H32N4O2. The fourth-order valence-electron chi connectivity index (χ4n) is 4.19. The van der Waals surface area contributed by atoms with Crippen molar-refractivity contribution in [3.8, 4) is 0 Å². The summed E-state index contributed by atoms with van der Waals surface area (Å²) in [6.07, 6.45) is 0. The maximum atomic E-state index is 12.8. The van der Waals surface area contributed by atoms with E-state index in [2.05, 4.69) is 40.8 Å². The smallest absolute Gasteiger partial charge is 0.253 e. The van der Waals surface area contributed by atoms with Crippen molar-refractivity contribution in [2.45, 2.75) is 33.7 Å². The van der Waals surface area contributed by atoms with E-state index in [1.165, 1.54) is 5.56 Å². The number of rotatable bonds is 6. The fraction of sp³-hybridized carbons (Fsp3) is 0.478. The average Bonchev–Trinajstić information content (AvgIpc) is 3.02. The van der Waals surface area contributed by atoms with Crippen LogP contribution in [-0.4, -0.2) is 65.4 Å². The summed E-state index contributed by atoms with van der Waals surface area (Å²) in [6.45, 7) is 12.5. The molecule has 1 aromatic heterocycles. The van der Waals surface area contributed by atoms with Gasteiger partial charge in [-0.05, 0) is 32.4 Å². The normalized spacial score (nSPS) is 15.9. The molecule has 1 unspecified atom stereocenters. The van der Waals surface area contributed by atoms with Gasteiger partial charge in [-0.2, -0.15) is 0 Å². The average molecular weight is 397 g/mol. The van der Waals surface area contributed by atoms with E-state index in [4.69, 9.17) is 0 Å². The summed E-state index contributed by atoms with van der Waals surface area (Å²) < 4.78 is 2.23. The molecule has 1 saturated heterocycles. The summed E-state index contributed by atoms with van der Waals surface area (Å²) >= 11 is 0. The Morgan fingerprint density at radius 2 is 1.72 bits per heavy atom. The lowest BCUT2D eigenvalue weighted by molar-refractivity contribution is -0.130. The molecule has 6 heteroatoms. The molecule has 3 rings (SSSR count). The van der Waals surface area contributed by atoms with Crippen molar-refractivity contribution in [3.05, 3.63) is 58.9 Å². The molecule has 6 nitrogen and oxygen atoms in total. The third-order valence-corrected chi connectivity index (χ3v) is 5.93. The SMILES string of the molecule is CC(=O)N1CCN(CCNC(=O)c2cc(C)n(C(C)c3ccccc3)c2C)CC1. The second-order valence-corrected chi connectivity index (χ2v) is 7.85. The van der Waals surface area contributed by atoms with Crippen LogP contribution < -0.4 is 5.32 Å². The van der Waals surface area contributed by atoms with Gasteiger partial charge < -0.3 is 14.8 Å².